The molecule has 0 fully saturated rings. The lowest BCUT2D eigenvalue weighted by Gasteiger charge is -2.08. The van der Waals surface area contributed by atoms with E-state index >= 15 is 0 Å². The van der Waals surface area contributed by atoms with Gasteiger partial charge in [-0.3, -0.25) is 5.10 Å². The molecule has 17 heavy (non-hydrogen) atoms. The molecule has 0 aromatic carbocycles. The van der Waals surface area contributed by atoms with Gasteiger partial charge in [-0.25, -0.2) is 4.79 Å². The van der Waals surface area contributed by atoms with Gasteiger partial charge in [0.25, 0.3) is 0 Å². The van der Waals surface area contributed by atoms with Crippen LogP contribution in [0.3, 0.4) is 0 Å². The molecule has 2 heterocycles. The molecule has 90 valence electrons. The van der Waals surface area contributed by atoms with E-state index in [4.69, 9.17) is 5.11 Å². The number of carboxylic acids is 1. The van der Waals surface area contributed by atoms with Crippen molar-refractivity contribution in [3.8, 4) is 0 Å². The fourth-order valence-electron chi connectivity index (χ4n) is 1.97. The molecular formula is C12H15N3O2. The Bertz CT molecular complexity index is 566. The Morgan fingerprint density at radius 1 is 1.47 bits per heavy atom. The molecule has 0 saturated carbocycles. The van der Waals surface area contributed by atoms with Crippen LogP contribution in [0.2, 0.25) is 0 Å². The Balaban J connectivity index is 2.40. The summed E-state index contributed by atoms with van der Waals surface area (Å²) in [5.74, 6) is -0.881. The molecule has 0 spiro atoms. The summed E-state index contributed by atoms with van der Waals surface area (Å²) in [5.41, 5.74) is 4.16. The third kappa shape index (κ3) is 1.95. The van der Waals surface area contributed by atoms with E-state index in [0.717, 1.165) is 22.6 Å². The molecule has 2 aromatic rings. The highest BCUT2D eigenvalue weighted by molar-refractivity contribution is 5.89. The summed E-state index contributed by atoms with van der Waals surface area (Å²) in [6.45, 7) is 6.34. The Kier molecular flexibility index (Phi) is 2.75. The fraction of sp³-hybridized carbons (Fsp3) is 0.333. The van der Waals surface area contributed by atoms with Crippen molar-refractivity contribution in [2.24, 2.45) is 0 Å². The molecule has 5 heteroatoms. The molecule has 2 aromatic heterocycles. The maximum absolute atomic E-state index is 11.0. The van der Waals surface area contributed by atoms with Crippen LogP contribution < -0.4 is 0 Å². The van der Waals surface area contributed by atoms with Crippen molar-refractivity contribution in [3.63, 3.8) is 0 Å². The van der Waals surface area contributed by atoms with Gasteiger partial charge in [0.15, 0.2) is 0 Å². The second-order valence-corrected chi connectivity index (χ2v) is 4.20. The highest BCUT2D eigenvalue weighted by atomic mass is 16.4. The number of aromatic carboxylic acids is 1. The third-order valence-electron chi connectivity index (χ3n) is 3.07. The van der Waals surface area contributed by atoms with Crippen molar-refractivity contribution in [3.05, 3.63) is 40.5 Å². The lowest BCUT2D eigenvalue weighted by molar-refractivity contribution is 0.0696. The van der Waals surface area contributed by atoms with E-state index in [1.165, 1.54) is 0 Å². The van der Waals surface area contributed by atoms with Gasteiger partial charge < -0.3 is 9.67 Å². The number of aryl methyl sites for hydroxylation is 2. The second kappa shape index (κ2) is 4.08. The van der Waals surface area contributed by atoms with Crippen molar-refractivity contribution in [1.29, 1.82) is 0 Å². The van der Waals surface area contributed by atoms with Gasteiger partial charge in [-0.1, -0.05) is 0 Å². The Morgan fingerprint density at radius 2 is 2.18 bits per heavy atom. The summed E-state index contributed by atoms with van der Waals surface area (Å²) in [5, 5.41) is 15.9. The monoisotopic (exact) mass is 233 g/mol. The van der Waals surface area contributed by atoms with Crippen LogP contribution in [0.4, 0.5) is 0 Å². The number of aromatic amines is 1. The van der Waals surface area contributed by atoms with Crippen LogP contribution in [0.25, 0.3) is 0 Å². The van der Waals surface area contributed by atoms with Crippen LogP contribution in [0, 0.1) is 20.8 Å². The average molecular weight is 233 g/mol. The number of hydrogen-bond donors (Lipinski definition) is 2. The molecule has 0 saturated heterocycles. The number of carboxylic acid groups (broad SMARTS) is 1. The quantitative estimate of drug-likeness (QED) is 0.850. The molecule has 0 aliphatic carbocycles. The lowest BCUT2D eigenvalue weighted by atomic mass is 10.2. The number of carbonyl (C=O) groups is 1. The first-order chi connectivity index (χ1) is 8.00. The highest BCUT2D eigenvalue weighted by Gasteiger charge is 2.15. The molecular weight excluding hydrogens is 218 g/mol. The van der Waals surface area contributed by atoms with Gasteiger partial charge in [-0.2, -0.15) is 5.10 Å². The first-order valence-corrected chi connectivity index (χ1v) is 5.39. The number of H-pyrrole nitrogens is 1. The fourth-order valence-corrected chi connectivity index (χ4v) is 1.97. The van der Waals surface area contributed by atoms with Gasteiger partial charge in [0.05, 0.1) is 18.3 Å². The van der Waals surface area contributed by atoms with Crippen LogP contribution in [0.15, 0.2) is 12.3 Å². The minimum atomic E-state index is -0.881. The minimum absolute atomic E-state index is 0.364. The summed E-state index contributed by atoms with van der Waals surface area (Å²) in [6.07, 6.45) is 1.77. The SMILES string of the molecule is Cc1[nH]ncc1Cn1c(C)cc(C(=O)O)c1C. The van der Waals surface area contributed by atoms with E-state index in [-0.39, 0.29) is 0 Å². The minimum Gasteiger partial charge on any atom is -0.478 e. The van der Waals surface area contributed by atoms with E-state index in [0.29, 0.717) is 12.1 Å². The van der Waals surface area contributed by atoms with E-state index in [1.54, 1.807) is 12.3 Å². The van der Waals surface area contributed by atoms with Crippen molar-refractivity contribution in [1.82, 2.24) is 14.8 Å². The molecule has 5 nitrogen and oxygen atoms in total. The van der Waals surface area contributed by atoms with E-state index < -0.39 is 5.97 Å². The van der Waals surface area contributed by atoms with Gasteiger partial charge in [0, 0.05) is 22.6 Å². The van der Waals surface area contributed by atoms with Crippen LogP contribution in [-0.4, -0.2) is 25.8 Å². The maximum Gasteiger partial charge on any atom is 0.337 e. The molecule has 2 N–H and O–H groups in total. The second-order valence-electron chi connectivity index (χ2n) is 4.20. The van der Waals surface area contributed by atoms with Crippen molar-refractivity contribution in [2.75, 3.05) is 0 Å². The Labute approximate surface area is 99.1 Å². The highest BCUT2D eigenvalue weighted by Crippen LogP contribution is 2.17. The molecule has 0 amide bonds. The maximum atomic E-state index is 11.0. The van der Waals surface area contributed by atoms with Crippen LogP contribution in [-0.2, 0) is 6.54 Å². The number of aromatic nitrogens is 3. The summed E-state index contributed by atoms with van der Waals surface area (Å²) >= 11 is 0. The smallest absolute Gasteiger partial charge is 0.337 e. The van der Waals surface area contributed by atoms with Crippen molar-refractivity contribution >= 4 is 5.97 Å². The zero-order chi connectivity index (χ0) is 12.6. The largest absolute Gasteiger partial charge is 0.478 e. The molecule has 0 unspecified atom stereocenters. The summed E-state index contributed by atoms with van der Waals surface area (Å²) in [4.78, 5) is 11.0. The number of hydrogen-bond acceptors (Lipinski definition) is 2. The zero-order valence-corrected chi connectivity index (χ0v) is 10.1. The molecule has 0 aliphatic heterocycles. The van der Waals surface area contributed by atoms with Crippen LogP contribution >= 0.6 is 0 Å². The summed E-state index contributed by atoms with van der Waals surface area (Å²) in [7, 11) is 0. The number of nitrogens with zero attached hydrogens (tertiary/aromatic N) is 2. The summed E-state index contributed by atoms with van der Waals surface area (Å²) < 4.78 is 1.99. The number of nitrogens with one attached hydrogen (secondary N) is 1. The Morgan fingerprint density at radius 3 is 2.65 bits per heavy atom. The average Bonchev–Trinajstić information content (AvgIpc) is 2.77. The summed E-state index contributed by atoms with van der Waals surface area (Å²) in [6, 6.07) is 1.70. The van der Waals surface area contributed by atoms with Crippen molar-refractivity contribution in [2.45, 2.75) is 27.3 Å². The van der Waals surface area contributed by atoms with Gasteiger partial charge in [-0.15, -0.1) is 0 Å². The lowest BCUT2D eigenvalue weighted by Crippen LogP contribution is -2.06. The molecule has 0 radical (unpaired) electrons. The predicted molar refractivity (Wildman–Crippen MR) is 63.3 cm³/mol. The molecule has 0 atom stereocenters. The zero-order valence-electron chi connectivity index (χ0n) is 10.1. The van der Waals surface area contributed by atoms with Crippen molar-refractivity contribution < 1.29 is 9.90 Å². The first kappa shape index (κ1) is 11.4. The van der Waals surface area contributed by atoms with Crippen LogP contribution in [0.5, 0.6) is 0 Å². The van der Waals surface area contributed by atoms with Gasteiger partial charge in [-0.05, 0) is 26.8 Å². The van der Waals surface area contributed by atoms with E-state index in [9.17, 15) is 4.79 Å². The van der Waals surface area contributed by atoms with E-state index in [1.807, 2.05) is 25.3 Å². The predicted octanol–water partition coefficient (Wildman–Crippen LogP) is 1.88. The van der Waals surface area contributed by atoms with Gasteiger partial charge in [0.1, 0.15) is 0 Å². The molecule has 2 rings (SSSR count). The topological polar surface area (TPSA) is 70.9 Å². The first-order valence-electron chi connectivity index (χ1n) is 5.39. The number of rotatable bonds is 3. The standard InChI is InChI=1S/C12H15N3O2/c1-7-4-11(12(16)17)9(3)15(7)6-10-5-13-14-8(10)2/h4-5H,6H2,1-3H3,(H,13,14)(H,16,17). The normalized spacial score (nSPS) is 10.8. The van der Waals surface area contributed by atoms with Gasteiger partial charge >= 0.3 is 5.97 Å². The Hall–Kier alpha value is -2.04. The van der Waals surface area contributed by atoms with Gasteiger partial charge in [0.2, 0.25) is 0 Å². The van der Waals surface area contributed by atoms with Crippen LogP contribution in [0.1, 0.15) is 33.0 Å². The molecule has 0 bridgehead atoms. The molecule has 0 aliphatic rings. The van der Waals surface area contributed by atoms with E-state index in [2.05, 4.69) is 10.2 Å². The third-order valence-corrected chi connectivity index (χ3v) is 3.07.